The van der Waals surface area contributed by atoms with Crippen molar-refractivity contribution in [1.29, 1.82) is 0 Å². The number of fused-ring (bicyclic) bond motifs is 1. The van der Waals surface area contributed by atoms with E-state index in [4.69, 9.17) is 9.47 Å². The first-order chi connectivity index (χ1) is 15.9. The number of aliphatic hydroxyl groups is 2. The number of esters is 1. The average molecular weight is 455 g/mol. The van der Waals surface area contributed by atoms with Crippen LogP contribution < -0.4 is 10.1 Å². The zero-order valence-electron chi connectivity index (χ0n) is 19.8. The molecule has 2 aromatic carbocycles. The van der Waals surface area contributed by atoms with E-state index in [-0.39, 0.29) is 31.8 Å². The van der Waals surface area contributed by atoms with Gasteiger partial charge in [-0.1, -0.05) is 24.6 Å². The van der Waals surface area contributed by atoms with Gasteiger partial charge in [0, 0.05) is 29.4 Å². The molecule has 178 valence electrons. The van der Waals surface area contributed by atoms with Crippen molar-refractivity contribution >= 4 is 16.9 Å². The highest BCUT2D eigenvalue weighted by Gasteiger charge is 2.22. The van der Waals surface area contributed by atoms with Crippen molar-refractivity contribution < 1.29 is 24.5 Å². The number of rotatable bonds is 11. The van der Waals surface area contributed by atoms with Crippen molar-refractivity contribution in [2.45, 2.75) is 46.3 Å². The van der Waals surface area contributed by atoms with Gasteiger partial charge in [-0.05, 0) is 57.5 Å². The van der Waals surface area contributed by atoms with Gasteiger partial charge in [0.2, 0.25) is 0 Å². The van der Waals surface area contributed by atoms with Crippen LogP contribution in [0.25, 0.3) is 16.6 Å². The van der Waals surface area contributed by atoms with Crippen LogP contribution in [0.2, 0.25) is 0 Å². The smallest absolute Gasteiger partial charge is 0.340 e. The third-order valence-electron chi connectivity index (χ3n) is 5.74. The summed E-state index contributed by atoms with van der Waals surface area (Å²) in [6.07, 6.45) is 0.0408. The molecular formula is C26H34N2O5. The lowest BCUT2D eigenvalue weighted by Gasteiger charge is -2.18. The van der Waals surface area contributed by atoms with Crippen molar-refractivity contribution in [3.8, 4) is 11.4 Å². The highest BCUT2D eigenvalue weighted by molar-refractivity contribution is 6.07. The van der Waals surface area contributed by atoms with E-state index in [0.29, 0.717) is 17.9 Å². The van der Waals surface area contributed by atoms with Crippen LogP contribution >= 0.6 is 0 Å². The zero-order valence-corrected chi connectivity index (χ0v) is 19.8. The second-order valence-electron chi connectivity index (χ2n) is 8.19. The minimum atomic E-state index is -0.732. The Balaban J connectivity index is 1.90. The molecule has 0 bridgehead atoms. The van der Waals surface area contributed by atoms with Gasteiger partial charge in [-0.3, -0.25) is 0 Å². The van der Waals surface area contributed by atoms with Gasteiger partial charge < -0.3 is 29.6 Å². The van der Waals surface area contributed by atoms with Crippen LogP contribution in [0.3, 0.4) is 0 Å². The Morgan fingerprint density at radius 1 is 1.12 bits per heavy atom. The van der Waals surface area contributed by atoms with Gasteiger partial charge in [0.1, 0.15) is 18.5 Å². The third-order valence-corrected chi connectivity index (χ3v) is 5.74. The number of aromatic nitrogens is 1. The maximum Gasteiger partial charge on any atom is 0.340 e. The molecule has 0 fully saturated rings. The highest BCUT2D eigenvalue weighted by atomic mass is 16.5. The van der Waals surface area contributed by atoms with E-state index in [1.807, 2.05) is 67.8 Å². The number of hydrogen-bond donors (Lipinski definition) is 3. The van der Waals surface area contributed by atoms with Crippen molar-refractivity contribution in [3.63, 3.8) is 0 Å². The molecule has 7 nitrogen and oxygen atoms in total. The summed E-state index contributed by atoms with van der Waals surface area (Å²) in [6, 6.07) is 13.7. The van der Waals surface area contributed by atoms with Crippen LogP contribution in [0.15, 0.2) is 42.5 Å². The normalized spacial score (nSPS) is 13.2. The molecule has 0 aliphatic heterocycles. The molecular weight excluding hydrogens is 420 g/mol. The third kappa shape index (κ3) is 5.74. The van der Waals surface area contributed by atoms with Gasteiger partial charge in [-0.2, -0.15) is 0 Å². The SMILES string of the molecule is CCOC(=O)c1c(C)n(-c2ccc(C)cc2)c2ccc(OC[C@@H](O)CN[C@@H](CC)CO)cc12. The van der Waals surface area contributed by atoms with Gasteiger partial charge in [0.05, 0.1) is 24.3 Å². The van der Waals surface area contributed by atoms with E-state index >= 15 is 0 Å². The Morgan fingerprint density at radius 3 is 2.48 bits per heavy atom. The number of benzene rings is 2. The second kappa shape index (κ2) is 11.3. The van der Waals surface area contributed by atoms with Crippen LogP contribution in [0, 0.1) is 13.8 Å². The number of aliphatic hydroxyl groups excluding tert-OH is 2. The summed E-state index contributed by atoms with van der Waals surface area (Å²) in [5, 5.41) is 23.4. The first kappa shape index (κ1) is 24.8. The van der Waals surface area contributed by atoms with E-state index in [0.717, 1.165) is 34.3 Å². The molecule has 3 rings (SSSR count). The maximum atomic E-state index is 12.8. The molecule has 33 heavy (non-hydrogen) atoms. The lowest BCUT2D eigenvalue weighted by molar-refractivity contribution is 0.0527. The predicted octanol–water partition coefficient (Wildman–Crippen LogP) is 3.52. The largest absolute Gasteiger partial charge is 0.491 e. The molecule has 3 N–H and O–H groups in total. The summed E-state index contributed by atoms with van der Waals surface area (Å²) in [6.45, 7) is 8.42. The number of carbonyl (C=O) groups excluding carboxylic acids is 1. The van der Waals surface area contributed by atoms with Gasteiger partial charge >= 0.3 is 5.97 Å². The number of aryl methyl sites for hydroxylation is 1. The first-order valence-electron chi connectivity index (χ1n) is 11.4. The average Bonchev–Trinajstić information content (AvgIpc) is 3.10. The summed E-state index contributed by atoms with van der Waals surface area (Å²) in [5.74, 6) is 0.184. The maximum absolute atomic E-state index is 12.8. The first-order valence-corrected chi connectivity index (χ1v) is 11.4. The molecule has 2 atom stereocenters. The molecule has 3 aromatic rings. The molecule has 1 heterocycles. The number of carbonyl (C=O) groups is 1. The van der Waals surface area contributed by atoms with E-state index in [1.165, 1.54) is 0 Å². The quantitative estimate of drug-likeness (QED) is 0.384. The molecule has 0 aliphatic carbocycles. The molecule has 0 spiro atoms. The lowest BCUT2D eigenvalue weighted by Crippen LogP contribution is -2.39. The minimum Gasteiger partial charge on any atom is -0.491 e. The standard InChI is InChI=1S/C26H34N2O5/c1-5-19(15-29)27-14-21(30)16-33-22-11-12-24-23(13-22)25(26(31)32-6-2)18(4)28(24)20-9-7-17(3)8-10-20/h7-13,19,21,27,29-30H,5-6,14-16H2,1-4H3/t19-,21-/m0/s1. The van der Waals surface area contributed by atoms with Gasteiger partial charge in [0.25, 0.3) is 0 Å². The summed E-state index contributed by atoms with van der Waals surface area (Å²) in [7, 11) is 0. The van der Waals surface area contributed by atoms with E-state index in [2.05, 4.69) is 5.32 Å². The van der Waals surface area contributed by atoms with Gasteiger partial charge in [-0.25, -0.2) is 4.79 Å². The Kier molecular flexibility index (Phi) is 8.49. The molecule has 0 amide bonds. The van der Waals surface area contributed by atoms with E-state index in [1.54, 1.807) is 6.92 Å². The Bertz CT molecular complexity index is 1070. The Hall–Kier alpha value is -2.87. The molecule has 1 aromatic heterocycles. The summed E-state index contributed by atoms with van der Waals surface area (Å²) in [4.78, 5) is 12.8. The number of nitrogens with zero attached hydrogens (tertiary/aromatic N) is 1. The summed E-state index contributed by atoms with van der Waals surface area (Å²) < 4.78 is 13.2. The highest BCUT2D eigenvalue weighted by Crippen LogP contribution is 2.32. The number of ether oxygens (including phenoxy) is 2. The molecule has 0 radical (unpaired) electrons. The van der Waals surface area contributed by atoms with Crippen molar-refractivity contribution in [2.75, 3.05) is 26.4 Å². The lowest BCUT2D eigenvalue weighted by atomic mass is 10.1. The predicted molar refractivity (Wildman–Crippen MR) is 129 cm³/mol. The topological polar surface area (TPSA) is 93.0 Å². The van der Waals surface area contributed by atoms with Gasteiger partial charge in [0.15, 0.2) is 0 Å². The Morgan fingerprint density at radius 2 is 1.85 bits per heavy atom. The van der Waals surface area contributed by atoms with Crippen molar-refractivity contribution in [3.05, 3.63) is 59.3 Å². The molecule has 0 saturated carbocycles. The molecule has 0 saturated heterocycles. The summed E-state index contributed by atoms with van der Waals surface area (Å²) >= 11 is 0. The second-order valence-corrected chi connectivity index (χ2v) is 8.19. The van der Waals surface area contributed by atoms with E-state index in [9.17, 15) is 15.0 Å². The fraction of sp³-hybridized carbons (Fsp3) is 0.423. The number of hydrogen-bond acceptors (Lipinski definition) is 6. The zero-order chi connectivity index (χ0) is 24.0. The fourth-order valence-electron chi connectivity index (χ4n) is 3.87. The van der Waals surface area contributed by atoms with E-state index < -0.39 is 6.10 Å². The van der Waals surface area contributed by atoms with Gasteiger partial charge in [-0.15, -0.1) is 0 Å². The van der Waals surface area contributed by atoms with Crippen LogP contribution in [0.5, 0.6) is 5.75 Å². The summed E-state index contributed by atoms with van der Waals surface area (Å²) in [5.41, 5.74) is 4.30. The fourth-order valence-corrected chi connectivity index (χ4v) is 3.87. The molecule has 7 heteroatoms. The monoisotopic (exact) mass is 454 g/mol. The molecule has 0 unspecified atom stereocenters. The van der Waals surface area contributed by atoms with Crippen LogP contribution in [-0.4, -0.2) is 59.3 Å². The van der Waals surface area contributed by atoms with Crippen LogP contribution in [-0.2, 0) is 4.74 Å². The minimum absolute atomic E-state index is 0.0225. The van der Waals surface area contributed by atoms with Crippen LogP contribution in [0.4, 0.5) is 0 Å². The van der Waals surface area contributed by atoms with Crippen molar-refractivity contribution in [2.24, 2.45) is 0 Å². The van der Waals surface area contributed by atoms with Crippen molar-refractivity contribution in [1.82, 2.24) is 9.88 Å². The Labute approximate surface area is 194 Å². The number of nitrogens with one attached hydrogen (secondary N) is 1. The molecule has 0 aliphatic rings. The van der Waals surface area contributed by atoms with Crippen LogP contribution in [0.1, 0.15) is 41.9 Å².